The van der Waals surface area contributed by atoms with E-state index in [0.717, 1.165) is 22.4 Å². The summed E-state index contributed by atoms with van der Waals surface area (Å²) in [4.78, 5) is 17.1. The van der Waals surface area contributed by atoms with Gasteiger partial charge in [-0.3, -0.25) is 4.79 Å². The Balaban J connectivity index is 1.88. The van der Waals surface area contributed by atoms with Gasteiger partial charge in [0.05, 0.1) is 17.5 Å². The number of aryl methyl sites for hydroxylation is 2. The fourth-order valence-corrected chi connectivity index (χ4v) is 3.01. The van der Waals surface area contributed by atoms with Crippen molar-refractivity contribution in [1.29, 1.82) is 0 Å². The number of aromatic nitrogens is 2. The zero-order chi connectivity index (χ0) is 15.3. The molecule has 1 atom stereocenters. The van der Waals surface area contributed by atoms with Crippen LogP contribution in [0.1, 0.15) is 34.3 Å². The van der Waals surface area contributed by atoms with Crippen molar-refractivity contribution in [1.82, 2.24) is 9.55 Å². The maximum Gasteiger partial charge on any atom is 0.170 e. The number of ether oxygens (including phenoxy) is 1. The van der Waals surface area contributed by atoms with Crippen LogP contribution in [0.2, 0.25) is 0 Å². The zero-order valence-electron chi connectivity index (χ0n) is 12.5. The first-order valence-electron chi connectivity index (χ1n) is 7.36. The average Bonchev–Trinajstić information content (AvgIpc) is 2.84. The molecule has 110 valence electrons. The van der Waals surface area contributed by atoms with E-state index in [1.54, 1.807) is 0 Å². The van der Waals surface area contributed by atoms with Crippen molar-refractivity contribution in [2.75, 3.05) is 0 Å². The number of benzene rings is 2. The molecule has 1 aliphatic rings. The summed E-state index contributed by atoms with van der Waals surface area (Å²) in [5.74, 6) is 1.63. The van der Waals surface area contributed by atoms with Gasteiger partial charge in [-0.2, -0.15) is 0 Å². The summed E-state index contributed by atoms with van der Waals surface area (Å²) in [6.45, 7) is 1.95. The molecule has 0 bridgehead atoms. The molecular weight excluding hydrogens is 276 g/mol. The Bertz CT molecular complexity index is 881. The molecule has 0 radical (unpaired) electrons. The van der Waals surface area contributed by atoms with Crippen molar-refractivity contribution in [2.24, 2.45) is 7.05 Å². The lowest BCUT2D eigenvalue weighted by atomic mass is 9.96. The van der Waals surface area contributed by atoms with E-state index in [0.29, 0.717) is 17.7 Å². The van der Waals surface area contributed by atoms with Crippen molar-refractivity contribution in [3.63, 3.8) is 0 Å². The Kier molecular flexibility index (Phi) is 2.79. The Hall–Kier alpha value is -2.62. The van der Waals surface area contributed by atoms with E-state index in [9.17, 15) is 4.79 Å². The highest BCUT2D eigenvalue weighted by Crippen LogP contribution is 2.39. The molecule has 0 N–H and O–H groups in total. The highest BCUT2D eigenvalue weighted by atomic mass is 16.5. The molecule has 0 saturated carbocycles. The Labute approximate surface area is 128 Å². The van der Waals surface area contributed by atoms with Crippen LogP contribution in [0.4, 0.5) is 0 Å². The van der Waals surface area contributed by atoms with Gasteiger partial charge in [0.15, 0.2) is 11.5 Å². The summed E-state index contributed by atoms with van der Waals surface area (Å²) < 4.78 is 8.18. The fourth-order valence-electron chi connectivity index (χ4n) is 3.01. The minimum Gasteiger partial charge on any atom is -0.482 e. The molecule has 4 rings (SSSR count). The molecular formula is C18H16N2O2. The summed E-state index contributed by atoms with van der Waals surface area (Å²) in [7, 11) is 1.97. The molecule has 0 amide bonds. The van der Waals surface area contributed by atoms with E-state index in [2.05, 4.69) is 4.98 Å². The summed E-state index contributed by atoms with van der Waals surface area (Å²) in [5.41, 5.74) is 3.41. The summed E-state index contributed by atoms with van der Waals surface area (Å²) in [6, 6.07) is 13.7. The molecule has 2 heterocycles. The van der Waals surface area contributed by atoms with Crippen LogP contribution in [0.5, 0.6) is 5.75 Å². The van der Waals surface area contributed by atoms with Crippen LogP contribution in [0, 0.1) is 6.92 Å². The van der Waals surface area contributed by atoms with Gasteiger partial charge < -0.3 is 9.30 Å². The lowest BCUT2D eigenvalue weighted by molar-refractivity contribution is 0.0853. The fraction of sp³-hybridized carbons (Fsp3) is 0.222. The van der Waals surface area contributed by atoms with E-state index < -0.39 is 0 Å². The number of carbonyl (C=O) groups is 1. The highest BCUT2D eigenvalue weighted by Gasteiger charge is 2.30. The minimum absolute atomic E-state index is 0.111. The highest BCUT2D eigenvalue weighted by molar-refractivity contribution is 6.04. The predicted molar refractivity (Wildman–Crippen MR) is 84.2 cm³/mol. The zero-order valence-corrected chi connectivity index (χ0v) is 12.5. The maximum absolute atomic E-state index is 12.5. The molecule has 2 aromatic carbocycles. The molecule has 4 nitrogen and oxygen atoms in total. The third kappa shape index (κ3) is 1.84. The van der Waals surface area contributed by atoms with Crippen molar-refractivity contribution in [2.45, 2.75) is 19.4 Å². The molecule has 4 heteroatoms. The van der Waals surface area contributed by atoms with E-state index >= 15 is 0 Å². The van der Waals surface area contributed by atoms with Gasteiger partial charge in [0.2, 0.25) is 0 Å². The van der Waals surface area contributed by atoms with Gasteiger partial charge in [0.25, 0.3) is 0 Å². The van der Waals surface area contributed by atoms with Crippen LogP contribution in [-0.2, 0) is 7.05 Å². The largest absolute Gasteiger partial charge is 0.482 e. The standard InChI is InChI=1S/C18H16N2O2/c1-11-19-17-14(20(11)2)9-8-13-15(21)10-16(22-18(13)17)12-6-4-3-5-7-12/h3-9,16H,10H2,1-2H3. The molecule has 0 spiro atoms. The molecule has 1 aliphatic heterocycles. The Morgan fingerprint density at radius 3 is 2.73 bits per heavy atom. The van der Waals surface area contributed by atoms with Crippen LogP contribution >= 0.6 is 0 Å². The SMILES string of the molecule is Cc1nc2c3c(ccc2n1C)C(=O)CC(c1ccccc1)O3. The number of hydrogen-bond donors (Lipinski definition) is 0. The summed E-state index contributed by atoms with van der Waals surface area (Å²) in [6.07, 6.45) is 0.128. The van der Waals surface area contributed by atoms with Gasteiger partial charge in [0.1, 0.15) is 17.4 Å². The molecule has 1 unspecified atom stereocenters. The number of fused-ring (bicyclic) bond motifs is 3. The first kappa shape index (κ1) is 13.1. The van der Waals surface area contributed by atoms with Crippen LogP contribution in [0.3, 0.4) is 0 Å². The normalized spacial score (nSPS) is 17.4. The lowest BCUT2D eigenvalue weighted by Crippen LogP contribution is -2.20. The lowest BCUT2D eigenvalue weighted by Gasteiger charge is -2.25. The number of imidazole rings is 1. The molecule has 3 aromatic rings. The van der Waals surface area contributed by atoms with Crippen LogP contribution in [-0.4, -0.2) is 15.3 Å². The van der Waals surface area contributed by atoms with Crippen molar-refractivity contribution >= 4 is 16.8 Å². The minimum atomic E-state index is -0.242. The topological polar surface area (TPSA) is 44.1 Å². The molecule has 0 fully saturated rings. The first-order valence-corrected chi connectivity index (χ1v) is 7.36. The second-order valence-electron chi connectivity index (χ2n) is 5.67. The number of hydrogen-bond acceptors (Lipinski definition) is 3. The smallest absolute Gasteiger partial charge is 0.170 e. The number of carbonyl (C=O) groups excluding carboxylic acids is 1. The van der Waals surface area contributed by atoms with Gasteiger partial charge in [-0.05, 0) is 24.6 Å². The van der Waals surface area contributed by atoms with Crippen molar-refractivity contribution in [3.8, 4) is 5.75 Å². The average molecular weight is 292 g/mol. The molecule has 0 saturated heterocycles. The Morgan fingerprint density at radius 2 is 1.95 bits per heavy atom. The number of Topliss-reactive ketones (excluding diaryl/α,β-unsaturated/α-hetero) is 1. The van der Waals surface area contributed by atoms with E-state index in [1.807, 2.05) is 61.0 Å². The van der Waals surface area contributed by atoms with Crippen molar-refractivity contribution < 1.29 is 9.53 Å². The molecule has 0 aliphatic carbocycles. The second-order valence-corrected chi connectivity index (χ2v) is 5.67. The second kappa shape index (κ2) is 4.70. The predicted octanol–water partition coefficient (Wildman–Crippen LogP) is 3.59. The first-order chi connectivity index (χ1) is 10.6. The van der Waals surface area contributed by atoms with E-state index in [1.165, 1.54) is 0 Å². The molecule has 1 aromatic heterocycles. The van der Waals surface area contributed by atoms with Crippen LogP contribution in [0.15, 0.2) is 42.5 Å². The summed E-state index contributed by atoms with van der Waals surface area (Å²) in [5, 5.41) is 0. The summed E-state index contributed by atoms with van der Waals surface area (Å²) >= 11 is 0. The maximum atomic E-state index is 12.5. The van der Waals surface area contributed by atoms with Gasteiger partial charge >= 0.3 is 0 Å². The van der Waals surface area contributed by atoms with Crippen LogP contribution < -0.4 is 4.74 Å². The van der Waals surface area contributed by atoms with Gasteiger partial charge in [-0.1, -0.05) is 30.3 Å². The third-order valence-electron chi connectivity index (χ3n) is 4.33. The van der Waals surface area contributed by atoms with Gasteiger partial charge in [-0.25, -0.2) is 4.98 Å². The van der Waals surface area contributed by atoms with Crippen molar-refractivity contribution in [3.05, 3.63) is 59.4 Å². The number of nitrogens with zero attached hydrogens (tertiary/aromatic N) is 2. The van der Waals surface area contributed by atoms with Gasteiger partial charge in [-0.15, -0.1) is 0 Å². The number of ketones is 1. The van der Waals surface area contributed by atoms with Crippen LogP contribution in [0.25, 0.3) is 11.0 Å². The quantitative estimate of drug-likeness (QED) is 0.688. The van der Waals surface area contributed by atoms with E-state index in [4.69, 9.17) is 4.74 Å². The molecule has 22 heavy (non-hydrogen) atoms. The third-order valence-corrected chi connectivity index (χ3v) is 4.33. The monoisotopic (exact) mass is 292 g/mol. The Morgan fingerprint density at radius 1 is 1.18 bits per heavy atom. The van der Waals surface area contributed by atoms with E-state index in [-0.39, 0.29) is 11.9 Å². The number of rotatable bonds is 1. The van der Waals surface area contributed by atoms with Gasteiger partial charge in [0, 0.05) is 7.05 Å².